The molecule has 4 N–H and O–H groups in total. The van der Waals surface area contributed by atoms with Crippen LogP contribution in [0.5, 0.6) is 0 Å². The standard InChI is InChI=1S/C16H19N5O/c1-10(22)13-8-21-15(16(17)19-9-20-21)14(13)11-4-3-5-12(18-2)7-6-11/h3-4,6-10,18,22H,5H2,1-2H3,(H2,17,19,20). The molecule has 0 fully saturated rings. The van der Waals surface area contributed by atoms with Crippen molar-refractivity contribution < 1.29 is 5.11 Å². The maximum atomic E-state index is 10.1. The van der Waals surface area contributed by atoms with Gasteiger partial charge in [-0.2, -0.15) is 5.10 Å². The molecule has 22 heavy (non-hydrogen) atoms. The molecule has 114 valence electrons. The van der Waals surface area contributed by atoms with E-state index in [4.69, 9.17) is 5.73 Å². The van der Waals surface area contributed by atoms with Crippen LogP contribution >= 0.6 is 0 Å². The summed E-state index contributed by atoms with van der Waals surface area (Å²) in [6, 6.07) is 0. The van der Waals surface area contributed by atoms with Crippen LogP contribution < -0.4 is 11.1 Å². The molecule has 1 atom stereocenters. The Morgan fingerprint density at radius 2 is 2.23 bits per heavy atom. The van der Waals surface area contributed by atoms with Crippen LogP contribution in [0, 0.1) is 0 Å². The molecule has 0 spiro atoms. The molecule has 0 aromatic carbocycles. The molecule has 1 aliphatic rings. The number of hydrogen-bond acceptors (Lipinski definition) is 5. The number of nitrogens with two attached hydrogens (primary N) is 1. The third-order valence-corrected chi connectivity index (χ3v) is 3.79. The minimum atomic E-state index is -0.624. The second kappa shape index (κ2) is 5.65. The lowest BCUT2D eigenvalue weighted by Gasteiger charge is -2.08. The highest BCUT2D eigenvalue weighted by atomic mass is 16.3. The maximum Gasteiger partial charge on any atom is 0.151 e. The molecule has 2 heterocycles. The molecule has 0 amide bonds. The van der Waals surface area contributed by atoms with Gasteiger partial charge in [0, 0.05) is 36.5 Å². The van der Waals surface area contributed by atoms with Gasteiger partial charge in [-0.1, -0.05) is 18.2 Å². The summed E-state index contributed by atoms with van der Waals surface area (Å²) < 4.78 is 1.67. The average Bonchev–Trinajstić information content (AvgIpc) is 2.74. The molecular weight excluding hydrogens is 278 g/mol. The zero-order valence-corrected chi connectivity index (χ0v) is 12.6. The van der Waals surface area contributed by atoms with Gasteiger partial charge in [-0.3, -0.25) is 0 Å². The molecule has 3 rings (SSSR count). The highest BCUT2D eigenvalue weighted by Crippen LogP contribution is 2.33. The quantitative estimate of drug-likeness (QED) is 0.804. The molecule has 1 aliphatic carbocycles. The highest BCUT2D eigenvalue weighted by molar-refractivity contribution is 5.91. The molecule has 2 aromatic heterocycles. The Morgan fingerprint density at radius 1 is 1.41 bits per heavy atom. The topological polar surface area (TPSA) is 88.5 Å². The van der Waals surface area contributed by atoms with E-state index in [2.05, 4.69) is 21.5 Å². The summed E-state index contributed by atoms with van der Waals surface area (Å²) in [6.07, 6.45) is 11.6. The zero-order valence-electron chi connectivity index (χ0n) is 12.6. The summed E-state index contributed by atoms with van der Waals surface area (Å²) in [5.74, 6) is 0.397. The van der Waals surface area contributed by atoms with Gasteiger partial charge in [0.05, 0.1) is 6.10 Å². The van der Waals surface area contributed by atoms with E-state index in [0.29, 0.717) is 5.82 Å². The lowest BCUT2D eigenvalue weighted by atomic mass is 9.99. The van der Waals surface area contributed by atoms with E-state index in [1.807, 2.05) is 25.3 Å². The van der Waals surface area contributed by atoms with Gasteiger partial charge in [0.25, 0.3) is 0 Å². The fraction of sp³-hybridized carbons (Fsp3) is 0.250. The first kappa shape index (κ1) is 14.3. The van der Waals surface area contributed by atoms with Crippen molar-refractivity contribution in [3.05, 3.63) is 53.7 Å². The minimum Gasteiger partial charge on any atom is -0.391 e. The summed E-state index contributed by atoms with van der Waals surface area (Å²) in [5, 5.41) is 17.5. The van der Waals surface area contributed by atoms with Crippen molar-refractivity contribution in [2.45, 2.75) is 19.4 Å². The van der Waals surface area contributed by atoms with Crippen molar-refractivity contribution in [1.29, 1.82) is 0 Å². The number of aliphatic hydroxyl groups excluding tert-OH is 1. The van der Waals surface area contributed by atoms with Crippen LogP contribution in [0.2, 0.25) is 0 Å². The van der Waals surface area contributed by atoms with E-state index in [1.54, 1.807) is 17.6 Å². The van der Waals surface area contributed by atoms with Gasteiger partial charge in [-0.15, -0.1) is 0 Å². The van der Waals surface area contributed by atoms with E-state index >= 15 is 0 Å². The number of anilines is 1. The van der Waals surface area contributed by atoms with Crippen molar-refractivity contribution >= 4 is 16.9 Å². The number of allylic oxidation sites excluding steroid dienone is 5. The van der Waals surface area contributed by atoms with Crippen LogP contribution in [0.25, 0.3) is 11.1 Å². The van der Waals surface area contributed by atoms with E-state index < -0.39 is 6.10 Å². The summed E-state index contributed by atoms with van der Waals surface area (Å²) in [5.41, 5.74) is 10.5. The Kier molecular flexibility index (Phi) is 3.68. The summed E-state index contributed by atoms with van der Waals surface area (Å²) in [6.45, 7) is 1.73. The van der Waals surface area contributed by atoms with Gasteiger partial charge < -0.3 is 16.2 Å². The Balaban J connectivity index is 2.27. The molecule has 2 aromatic rings. The number of fused-ring (bicyclic) bond motifs is 1. The predicted octanol–water partition coefficient (Wildman–Crippen LogP) is 1.81. The summed E-state index contributed by atoms with van der Waals surface area (Å²) in [4.78, 5) is 4.08. The van der Waals surface area contributed by atoms with Crippen molar-refractivity contribution in [3.63, 3.8) is 0 Å². The fourth-order valence-corrected chi connectivity index (χ4v) is 2.65. The SMILES string of the molecule is CNC1=CC=C(c2c(C(C)O)cn3ncnc(N)c23)C=CC1. The zero-order chi connectivity index (χ0) is 15.7. The molecule has 0 aliphatic heterocycles. The summed E-state index contributed by atoms with van der Waals surface area (Å²) in [7, 11) is 1.90. The first-order chi connectivity index (χ1) is 10.6. The Hall–Kier alpha value is -2.60. The Bertz CT molecular complexity index is 798. The summed E-state index contributed by atoms with van der Waals surface area (Å²) >= 11 is 0. The van der Waals surface area contributed by atoms with Crippen LogP contribution in [0.15, 0.2) is 42.5 Å². The van der Waals surface area contributed by atoms with Crippen molar-refractivity contribution in [2.24, 2.45) is 0 Å². The Morgan fingerprint density at radius 3 is 2.95 bits per heavy atom. The van der Waals surface area contributed by atoms with Crippen LogP contribution in [-0.2, 0) is 0 Å². The number of nitrogen functional groups attached to an aromatic ring is 1. The second-order valence-corrected chi connectivity index (χ2v) is 5.24. The number of aromatic nitrogens is 3. The highest BCUT2D eigenvalue weighted by Gasteiger charge is 2.20. The first-order valence-electron chi connectivity index (χ1n) is 7.17. The fourth-order valence-electron chi connectivity index (χ4n) is 2.65. The van der Waals surface area contributed by atoms with Crippen LogP contribution in [0.1, 0.15) is 30.6 Å². The molecule has 6 heteroatoms. The maximum absolute atomic E-state index is 10.1. The average molecular weight is 297 g/mol. The molecule has 0 bridgehead atoms. The van der Waals surface area contributed by atoms with E-state index in [0.717, 1.165) is 34.3 Å². The van der Waals surface area contributed by atoms with Crippen LogP contribution in [0.4, 0.5) is 5.82 Å². The molecular formula is C16H19N5O. The van der Waals surface area contributed by atoms with Crippen molar-refractivity contribution in [1.82, 2.24) is 19.9 Å². The normalized spacial score (nSPS) is 16.1. The van der Waals surface area contributed by atoms with Gasteiger partial charge in [0.15, 0.2) is 5.82 Å². The second-order valence-electron chi connectivity index (χ2n) is 5.24. The molecule has 1 unspecified atom stereocenters. The third kappa shape index (κ3) is 2.37. The lowest BCUT2D eigenvalue weighted by Crippen LogP contribution is -2.03. The largest absolute Gasteiger partial charge is 0.391 e. The van der Waals surface area contributed by atoms with Gasteiger partial charge in [-0.25, -0.2) is 9.50 Å². The molecule has 6 nitrogen and oxygen atoms in total. The van der Waals surface area contributed by atoms with Crippen LogP contribution in [0.3, 0.4) is 0 Å². The van der Waals surface area contributed by atoms with Crippen molar-refractivity contribution in [3.8, 4) is 0 Å². The van der Waals surface area contributed by atoms with Gasteiger partial charge >= 0.3 is 0 Å². The number of nitrogens with zero attached hydrogens (tertiary/aromatic N) is 3. The van der Waals surface area contributed by atoms with Gasteiger partial charge in [0.2, 0.25) is 0 Å². The monoisotopic (exact) mass is 297 g/mol. The van der Waals surface area contributed by atoms with Gasteiger partial charge in [0.1, 0.15) is 11.8 Å². The number of hydrogen-bond donors (Lipinski definition) is 3. The van der Waals surface area contributed by atoms with Gasteiger partial charge in [-0.05, 0) is 18.6 Å². The lowest BCUT2D eigenvalue weighted by molar-refractivity contribution is 0.199. The Labute approximate surface area is 128 Å². The molecule has 0 saturated carbocycles. The predicted molar refractivity (Wildman–Crippen MR) is 86.9 cm³/mol. The smallest absolute Gasteiger partial charge is 0.151 e. The van der Waals surface area contributed by atoms with E-state index in [9.17, 15) is 5.11 Å². The van der Waals surface area contributed by atoms with E-state index in [1.165, 1.54) is 6.33 Å². The number of nitrogens with one attached hydrogen (secondary N) is 1. The number of aliphatic hydroxyl groups is 1. The minimum absolute atomic E-state index is 0.397. The molecule has 0 radical (unpaired) electrons. The van der Waals surface area contributed by atoms with Crippen molar-refractivity contribution in [2.75, 3.05) is 12.8 Å². The van der Waals surface area contributed by atoms with Crippen LogP contribution in [-0.4, -0.2) is 26.8 Å². The number of rotatable bonds is 3. The first-order valence-corrected chi connectivity index (χ1v) is 7.17. The third-order valence-electron chi connectivity index (χ3n) is 3.79. The molecule has 0 saturated heterocycles. The van der Waals surface area contributed by atoms with E-state index in [-0.39, 0.29) is 0 Å².